The van der Waals surface area contributed by atoms with Crippen LogP contribution < -0.4 is 31.4 Å². The second-order valence-corrected chi connectivity index (χ2v) is 17.9. The Labute approximate surface area is 381 Å². The summed E-state index contributed by atoms with van der Waals surface area (Å²) in [5, 5.41) is 48.9. The second kappa shape index (κ2) is 21.2. The molecule has 18 heteroatoms. The highest BCUT2D eigenvalue weighted by molar-refractivity contribution is 5.94. The highest BCUT2D eigenvalue weighted by Gasteiger charge is 2.52. The van der Waals surface area contributed by atoms with E-state index in [4.69, 9.17) is 37.3 Å². The molecule has 2 saturated heterocycles. The molecular weight excluding hydrogens is 861 g/mol. The van der Waals surface area contributed by atoms with Crippen molar-refractivity contribution in [1.29, 1.82) is 0 Å². The molecule has 0 aliphatic carbocycles. The molecule has 6 N–H and O–H groups in total. The Bertz CT molecular complexity index is 2340. The topological polar surface area (TPSA) is 255 Å². The van der Waals surface area contributed by atoms with Gasteiger partial charge in [-0.15, -0.1) is 0 Å². The van der Waals surface area contributed by atoms with Crippen molar-refractivity contribution in [2.45, 2.75) is 153 Å². The molecule has 18 nitrogen and oxygen atoms in total. The molecule has 2 aliphatic rings. The average Bonchev–Trinajstić information content (AvgIpc) is 3.25. The number of methoxy groups -OCH3 is 2. The predicted octanol–water partition coefficient (Wildman–Crippen LogP) is 5.27. The monoisotopic (exact) mass is 922 g/mol. The fraction of sp³-hybridized carbons (Fsp3) is 0.542. The standard InChI is InChI=1S/C48H62N2O16/c1-25-31(61-45-37(55)35(53)41(59-7)47(3,4)65-45)21-19-27-23-29(43(57)63-39(25)27)49-33(51)17-15-13-11-9-10-12-14-16-18-34(52)50-30-24-28-20-22-32(26(2)40(28)64-44(30)58)62-46-38(56)36(54)42(60-8)48(5,6)66-46/h9-10,19-24,35-38,41-42,45-46,53-56H,11-18H2,1-8H3,(H,49,51)(H,50,52)/b10-9+/t35-,36-,37+,38+,41+,42+,45+,46+/m0/s1. The van der Waals surface area contributed by atoms with Crippen molar-refractivity contribution < 1.29 is 67.3 Å². The number of fused-ring (bicyclic) bond motifs is 2. The van der Waals surface area contributed by atoms with E-state index >= 15 is 0 Å². The van der Waals surface area contributed by atoms with Crippen molar-refractivity contribution >= 4 is 45.1 Å². The van der Waals surface area contributed by atoms with E-state index in [1.807, 2.05) is 12.2 Å². The van der Waals surface area contributed by atoms with Crippen LogP contribution in [0.15, 0.2) is 67.0 Å². The highest BCUT2D eigenvalue weighted by Crippen LogP contribution is 2.37. The minimum atomic E-state index is -1.40. The number of hydrogen-bond acceptors (Lipinski definition) is 16. The van der Waals surface area contributed by atoms with Gasteiger partial charge in [-0.3, -0.25) is 9.59 Å². The number of anilines is 2. The maximum absolute atomic E-state index is 12.9. The normalized spacial score (nSPS) is 25.0. The summed E-state index contributed by atoms with van der Waals surface area (Å²) < 4.78 is 45.5. The lowest BCUT2D eigenvalue weighted by Gasteiger charge is -2.46. The fourth-order valence-electron chi connectivity index (χ4n) is 8.46. The predicted molar refractivity (Wildman–Crippen MR) is 243 cm³/mol. The Balaban J connectivity index is 0.890. The van der Waals surface area contributed by atoms with Gasteiger partial charge in [-0.25, -0.2) is 9.59 Å². The average molecular weight is 923 g/mol. The van der Waals surface area contributed by atoms with Gasteiger partial charge in [0.1, 0.15) is 70.7 Å². The van der Waals surface area contributed by atoms with Gasteiger partial charge in [-0.2, -0.15) is 0 Å². The number of nitrogens with one attached hydrogen (secondary N) is 2. The lowest BCUT2D eigenvalue weighted by Crippen LogP contribution is -2.63. The molecule has 4 aromatic rings. The van der Waals surface area contributed by atoms with E-state index in [1.54, 1.807) is 65.8 Å². The fourth-order valence-corrected chi connectivity index (χ4v) is 8.46. The first-order valence-corrected chi connectivity index (χ1v) is 22.1. The van der Waals surface area contributed by atoms with Crippen molar-refractivity contribution in [3.63, 3.8) is 0 Å². The van der Waals surface area contributed by atoms with Gasteiger partial charge >= 0.3 is 11.3 Å². The largest absolute Gasteiger partial charge is 0.462 e. The number of carbonyl (C=O) groups excluding carboxylic acids is 2. The molecule has 2 amide bonds. The minimum Gasteiger partial charge on any atom is -0.462 e. The van der Waals surface area contributed by atoms with Crippen LogP contribution in [-0.4, -0.2) is 107 Å². The summed E-state index contributed by atoms with van der Waals surface area (Å²) >= 11 is 0. The summed E-state index contributed by atoms with van der Waals surface area (Å²) in [7, 11) is 2.84. The first-order valence-electron chi connectivity index (χ1n) is 22.1. The molecule has 8 atom stereocenters. The van der Waals surface area contributed by atoms with Crippen LogP contribution >= 0.6 is 0 Å². The molecule has 0 radical (unpaired) electrons. The quantitative estimate of drug-likeness (QED) is 0.0422. The number of aliphatic hydroxyl groups is 4. The van der Waals surface area contributed by atoms with Gasteiger partial charge < -0.3 is 68.3 Å². The molecule has 2 aliphatic heterocycles. The van der Waals surface area contributed by atoms with Crippen LogP contribution in [0.25, 0.3) is 21.9 Å². The first-order chi connectivity index (χ1) is 31.3. The molecular formula is C48H62N2O16. The van der Waals surface area contributed by atoms with Gasteiger partial charge in [0.25, 0.3) is 0 Å². The van der Waals surface area contributed by atoms with Crippen LogP contribution in [0.1, 0.15) is 90.2 Å². The Morgan fingerprint density at radius 1 is 0.621 bits per heavy atom. The van der Waals surface area contributed by atoms with E-state index in [1.165, 1.54) is 26.4 Å². The molecule has 66 heavy (non-hydrogen) atoms. The van der Waals surface area contributed by atoms with E-state index in [2.05, 4.69) is 10.6 Å². The van der Waals surface area contributed by atoms with E-state index < -0.39 is 71.7 Å². The lowest BCUT2D eigenvalue weighted by molar-refractivity contribution is -0.306. The molecule has 0 spiro atoms. The molecule has 360 valence electrons. The molecule has 4 heterocycles. The van der Waals surface area contributed by atoms with Crippen LogP contribution in [0, 0.1) is 13.8 Å². The van der Waals surface area contributed by atoms with Crippen molar-refractivity contribution in [3.05, 3.63) is 80.5 Å². The number of carbonyl (C=O) groups is 2. The molecule has 2 fully saturated rings. The number of ether oxygens (including phenoxy) is 6. The van der Waals surface area contributed by atoms with E-state index in [9.17, 15) is 39.6 Å². The number of amides is 2. The summed E-state index contributed by atoms with van der Waals surface area (Å²) in [6, 6.07) is 9.64. The Hall–Kier alpha value is -5.18. The first kappa shape index (κ1) is 50.2. The zero-order valence-electron chi connectivity index (χ0n) is 38.6. The molecule has 0 bridgehead atoms. The van der Waals surface area contributed by atoms with Crippen LogP contribution in [-0.2, 0) is 28.5 Å². The third kappa shape index (κ3) is 11.3. The third-order valence-corrected chi connectivity index (χ3v) is 12.0. The van der Waals surface area contributed by atoms with Crippen molar-refractivity contribution in [2.75, 3.05) is 24.9 Å². The number of rotatable bonds is 18. The minimum absolute atomic E-state index is 0.00856. The molecule has 2 aromatic heterocycles. The summed E-state index contributed by atoms with van der Waals surface area (Å²) in [5.74, 6) is -0.0909. The highest BCUT2D eigenvalue weighted by atomic mass is 16.7. The zero-order valence-corrected chi connectivity index (χ0v) is 38.6. The smallest absolute Gasteiger partial charge is 0.360 e. The SMILES string of the molecule is CO[C@@H]1[C@@H](O)[C@@H](O)[C@H](Oc2ccc3cc(NC(=O)CCCC/C=C/CCCCC(=O)Nc4cc5ccc(O[C@@H]6OC(C)(C)[C@H](OC)[C@@H](O)[C@H]6O)c(C)c5oc4=O)c(=O)oc3c2C)OC1(C)C. The van der Waals surface area contributed by atoms with E-state index in [0.29, 0.717) is 34.7 Å². The van der Waals surface area contributed by atoms with Crippen molar-refractivity contribution in [1.82, 2.24) is 0 Å². The molecule has 2 aromatic carbocycles. The summed E-state index contributed by atoms with van der Waals surface area (Å²) in [6.45, 7) is 10.2. The number of unbranched alkanes of at least 4 members (excludes halogenated alkanes) is 4. The van der Waals surface area contributed by atoms with Gasteiger partial charge in [-0.05, 0) is 116 Å². The number of aryl methyl sites for hydroxylation is 2. The molecule has 0 saturated carbocycles. The van der Waals surface area contributed by atoms with E-state index in [0.717, 1.165) is 25.7 Å². The summed E-state index contributed by atoms with van der Waals surface area (Å²) in [6.07, 6.45) is -0.692. The van der Waals surface area contributed by atoms with Gasteiger partial charge in [-0.1, -0.05) is 12.2 Å². The van der Waals surface area contributed by atoms with Crippen LogP contribution in [0.2, 0.25) is 0 Å². The van der Waals surface area contributed by atoms with Crippen LogP contribution in [0.4, 0.5) is 11.4 Å². The molecule has 0 unspecified atom stereocenters. The number of benzene rings is 2. The van der Waals surface area contributed by atoms with Gasteiger partial charge in [0.2, 0.25) is 24.4 Å². The lowest BCUT2D eigenvalue weighted by atomic mass is 9.89. The maximum atomic E-state index is 12.9. The number of hydrogen-bond donors (Lipinski definition) is 6. The van der Waals surface area contributed by atoms with Gasteiger partial charge in [0.05, 0.1) is 11.2 Å². The number of aliphatic hydroxyl groups excluding tert-OH is 4. The van der Waals surface area contributed by atoms with Crippen LogP contribution in [0.5, 0.6) is 11.5 Å². The number of allylic oxidation sites excluding steroid dienone is 2. The zero-order chi connectivity index (χ0) is 48.1. The van der Waals surface area contributed by atoms with Crippen LogP contribution in [0.3, 0.4) is 0 Å². The second-order valence-electron chi connectivity index (χ2n) is 17.9. The third-order valence-electron chi connectivity index (χ3n) is 12.0. The summed E-state index contributed by atoms with van der Waals surface area (Å²) in [4.78, 5) is 51.2. The summed E-state index contributed by atoms with van der Waals surface area (Å²) in [5.41, 5.74) is -1.97. The maximum Gasteiger partial charge on any atom is 0.360 e. The van der Waals surface area contributed by atoms with Crippen molar-refractivity contribution in [2.24, 2.45) is 0 Å². The Morgan fingerprint density at radius 3 is 1.36 bits per heavy atom. The Morgan fingerprint density at radius 2 is 1.00 bits per heavy atom. The van der Waals surface area contributed by atoms with Crippen molar-refractivity contribution in [3.8, 4) is 11.5 Å². The van der Waals surface area contributed by atoms with E-state index in [-0.39, 0.29) is 58.7 Å². The molecule has 6 rings (SSSR count). The van der Waals surface area contributed by atoms with Gasteiger partial charge in [0.15, 0.2) is 0 Å². The van der Waals surface area contributed by atoms with Gasteiger partial charge in [0, 0.05) is 49.0 Å². The Kier molecular flexibility index (Phi) is 16.1.